The lowest BCUT2D eigenvalue weighted by Crippen LogP contribution is -2.37. The van der Waals surface area contributed by atoms with Gasteiger partial charge >= 0.3 is 19.8 Å². The first-order valence-electron chi connectivity index (χ1n) is 21.4. The van der Waals surface area contributed by atoms with Gasteiger partial charge in [0.05, 0.1) is 27.7 Å². The van der Waals surface area contributed by atoms with E-state index in [1.54, 1.807) is 0 Å². The van der Waals surface area contributed by atoms with E-state index < -0.39 is 26.5 Å². The minimum atomic E-state index is -4.36. The SMILES string of the molecule is CCCCCCCC/C=C\CCCCCCCCCC(=O)OC[C@H](COP(=O)(O)OCC[N+](C)(C)C)OC(=O)CCCCCCCCCCCCC. The van der Waals surface area contributed by atoms with E-state index in [4.69, 9.17) is 18.5 Å². The fourth-order valence-electron chi connectivity index (χ4n) is 5.89. The van der Waals surface area contributed by atoms with Crippen molar-refractivity contribution in [2.24, 2.45) is 0 Å². The number of carbonyl (C=O) groups is 2. The molecule has 2 atom stereocenters. The molecule has 0 aliphatic carbocycles. The maximum Gasteiger partial charge on any atom is 0.472 e. The first-order valence-corrected chi connectivity index (χ1v) is 22.9. The van der Waals surface area contributed by atoms with Gasteiger partial charge in [0, 0.05) is 12.8 Å². The lowest BCUT2D eigenvalue weighted by atomic mass is 10.1. The summed E-state index contributed by atoms with van der Waals surface area (Å²) >= 11 is 0. The minimum Gasteiger partial charge on any atom is -0.462 e. The van der Waals surface area contributed by atoms with Gasteiger partial charge in [-0.25, -0.2) is 4.57 Å². The van der Waals surface area contributed by atoms with Crippen molar-refractivity contribution in [1.82, 2.24) is 0 Å². The number of hydrogen-bond donors (Lipinski definition) is 1. The molecule has 0 fully saturated rings. The number of likely N-dealkylation sites (N-methyl/N-ethyl adjacent to an activating group) is 1. The molecule has 0 aromatic rings. The molecule has 0 heterocycles. The van der Waals surface area contributed by atoms with E-state index in [0.29, 0.717) is 17.4 Å². The summed E-state index contributed by atoms with van der Waals surface area (Å²) in [6.07, 6.45) is 35.4. The lowest BCUT2D eigenvalue weighted by molar-refractivity contribution is -0.870. The number of allylic oxidation sites excluding steroid dienone is 2. The summed E-state index contributed by atoms with van der Waals surface area (Å²) in [6.45, 7) is 4.42. The van der Waals surface area contributed by atoms with Crippen molar-refractivity contribution in [3.63, 3.8) is 0 Å². The highest BCUT2D eigenvalue weighted by molar-refractivity contribution is 7.47. The molecule has 52 heavy (non-hydrogen) atoms. The van der Waals surface area contributed by atoms with Crippen molar-refractivity contribution >= 4 is 19.8 Å². The maximum atomic E-state index is 12.6. The summed E-state index contributed by atoms with van der Waals surface area (Å²) in [5.41, 5.74) is 0. The molecule has 0 spiro atoms. The molecule has 0 aromatic carbocycles. The lowest BCUT2D eigenvalue weighted by Gasteiger charge is -2.24. The number of hydrogen-bond acceptors (Lipinski definition) is 7. The van der Waals surface area contributed by atoms with Crippen LogP contribution in [0.25, 0.3) is 0 Å². The van der Waals surface area contributed by atoms with E-state index >= 15 is 0 Å². The molecule has 0 radical (unpaired) electrons. The van der Waals surface area contributed by atoms with Crippen LogP contribution < -0.4 is 0 Å². The molecule has 0 amide bonds. The summed E-state index contributed by atoms with van der Waals surface area (Å²) in [4.78, 5) is 35.3. The van der Waals surface area contributed by atoms with E-state index in [1.165, 1.54) is 128 Å². The Morgan fingerprint density at radius 1 is 0.577 bits per heavy atom. The second-order valence-corrected chi connectivity index (χ2v) is 17.2. The van der Waals surface area contributed by atoms with Crippen LogP contribution in [0.2, 0.25) is 0 Å². The summed E-state index contributed by atoms with van der Waals surface area (Å²) in [5, 5.41) is 0. The number of unbranched alkanes of at least 4 members (excludes halogenated alkanes) is 23. The van der Waals surface area contributed by atoms with Crippen LogP contribution in [0.4, 0.5) is 0 Å². The van der Waals surface area contributed by atoms with Gasteiger partial charge in [-0.3, -0.25) is 18.6 Å². The van der Waals surface area contributed by atoms with Crippen LogP contribution in [0.15, 0.2) is 12.2 Å². The monoisotopic (exact) mass is 761 g/mol. The zero-order chi connectivity index (χ0) is 38.6. The average molecular weight is 761 g/mol. The van der Waals surface area contributed by atoms with Crippen molar-refractivity contribution < 1.29 is 42.1 Å². The van der Waals surface area contributed by atoms with E-state index in [2.05, 4.69) is 26.0 Å². The number of phosphoric acid groups is 1. The number of phosphoric ester groups is 1. The molecule has 0 aromatic heterocycles. The molecular weight excluding hydrogens is 677 g/mol. The molecule has 0 rings (SSSR count). The molecule has 308 valence electrons. The Balaban J connectivity index is 4.32. The molecule has 0 saturated carbocycles. The third kappa shape index (κ3) is 38.5. The summed E-state index contributed by atoms with van der Waals surface area (Å²) in [6, 6.07) is 0. The van der Waals surface area contributed by atoms with Gasteiger partial charge in [0.2, 0.25) is 0 Å². The van der Waals surface area contributed by atoms with Crippen LogP contribution in [0.3, 0.4) is 0 Å². The first kappa shape index (κ1) is 50.8. The number of carbonyl (C=O) groups excluding carboxylic acids is 2. The van der Waals surface area contributed by atoms with Crippen molar-refractivity contribution in [1.29, 1.82) is 0 Å². The number of rotatable bonds is 39. The van der Waals surface area contributed by atoms with Crippen LogP contribution in [0.1, 0.15) is 194 Å². The standard InChI is InChI=1S/C42H82NO8P/c1-6-8-10-12-14-16-18-19-20-21-22-23-25-26-28-30-32-34-41(44)48-38-40(39-50-52(46,47)49-37-36-43(3,4)5)51-42(45)35-33-31-29-27-24-17-15-13-11-9-7-2/h19-20,40H,6-18,21-39H2,1-5H3/p+1/b20-19-/t40-/m1/s1. The summed E-state index contributed by atoms with van der Waals surface area (Å²) in [5.74, 6) is -0.797. The van der Waals surface area contributed by atoms with E-state index in [-0.39, 0.29) is 32.0 Å². The van der Waals surface area contributed by atoms with Crippen LogP contribution in [0.5, 0.6) is 0 Å². The van der Waals surface area contributed by atoms with Crippen molar-refractivity contribution in [3.8, 4) is 0 Å². The Morgan fingerprint density at radius 2 is 0.981 bits per heavy atom. The quantitative estimate of drug-likeness (QED) is 0.0217. The molecular formula is C42H83NO8P+. The Hall–Kier alpha value is -1.25. The number of quaternary nitrogens is 1. The molecule has 1 unspecified atom stereocenters. The summed E-state index contributed by atoms with van der Waals surface area (Å²) < 4.78 is 34.2. The van der Waals surface area contributed by atoms with Gasteiger partial charge in [-0.05, 0) is 38.5 Å². The molecule has 0 aliphatic rings. The Bertz CT molecular complexity index is 907. The Morgan fingerprint density at radius 3 is 1.42 bits per heavy atom. The highest BCUT2D eigenvalue weighted by Gasteiger charge is 2.27. The predicted molar refractivity (Wildman–Crippen MR) is 215 cm³/mol. The fraction of sp³-hybridized carbons (Fsp3) is 0.905. The smallest absolute Gasteiger partial charge is 0.462 e. The number of ether oxygens (including phenoxy) is 2. The molecule has 0 saturated heterocycles. The molecule has 10 heteroatoms. The highest BCUT2D eigenvalue weighted by atomic mass is 31.2. The van der Waals surface area contributed by atoms with Gasteiger partial charge in [-0.15, -0.1) is 0 Å². The minimum absolute atomic E-state index is 0.0340. The molecule has 0 bridgehead atoms. The van der Waals surface area contributed by atoms with Crippen LogP contribution in [0, 0.1) is 0 Å². The van der Waals surface area contributed by atoms with Gasteiger partial charge in [-0.1, -0.05) is 154 Å². The fourth-order valence-corrected chi connectivity index (χ4v) is 6.63. The van der Waals surface area contributed by atoms with Gasteiger partial charge in [0.25, 0.3) is 0 Å². The van der Waals surface area contributed by atoms with Crippen LogP contribution in [-0.4, -0.2) is 74.9 Å². The average Bonchev–Trinajstić information content (AvgIpc) is 3.09. The maximum absolute atomic E-state index is 12.6. The zero-order valence-corrected chi connectivity index (χ0v) is 35.5. The topological polar surface area (TPSA) is 108 Å². The third-order valence-corrected chi connectivity index (χ3v) is 10.3. The van der Waals surface area contributed by atoms with Crippen molar-refractivity contribution in [3.05, 3.63) is 12.2 Å². The van der Waals surface area contributed by atoms with Gasteiger partial charge in [0.1, 0.15) is 19.8 Å². The first-order chi connectivity index (χ1) is 25.0. The number of nitrogens with zero attached hydrogens (tertiary/aromatic N) is 1. The van der Waals surface area contributed by atoms with Gasteiger partial charge < -0.3 is 18.9 Å². The molecule has 9 nitrogen and oxygen atoms in total. The third-order valence-electron chi connectivity index (χ3n) is 9.30. The van der Waals surface area contributed by atoms with Crippen LogP contribution in [-0.2, 0) is 32.7 Å². The Labute approximate surface area is 320 Å². The van der Waals surface area contributed by atoms with E-state index in [9.17, 15) is 19.0 Å². The molecule has 1 N–H and O–H groups in total. The number of esters is 2. The Kier molecular flexibility index (Phi) is 34.6. The van der Waals surface area contributed by atoms with Crippen LogP contribution >= 0.6 is 7.82 Å². The van der Waals surface area contributed by atoms with E-state index in [1.807, 2.05) is 21.1 Å². The highest BCUT2D eigenvalue weighted by Crippen LogP contribution is 2.43. The van der Waals surface area contributed by atoms with E-state index in [0.717, 1.165) is 32.1 Å². The summed E-state index contributed by atoms with van der Waals surface area (Å²) in [7, 11) is 1.48. The van der Waals surface area contributed by atoms with Gasteiger partial charge in [-0.2, -0.15) is 0 Å². The van der Waals surface area contributed by atoms with Crippen molar-refractivity contribution in [2.75, 3.05) is 47.5 Å². The second-order valence-electron chi connectivity index (χ2n) is 15.7. The zero-order valence-electron chi connectivity index (χ0n) is 34.6. The van der Waals surface area contributed by atoms with Crippen molar-refractivity contribution in [2.45, 2.75) is 200 Å². The molecule has 0 aliphatic heterocycles. The van der Waals surface area contributed by atoms with Gasteiger partial charge in [0.15, 0.2) is 6.10 Å². The second kappa shape index (κ2) is 35.5. The largest absolute Gasteiger partial charge is 0.472 e. The predicted octanol–water partition coefficient (Wildman–Crippen LogP) is 11.8. The normalized spacial score (nSPS) is 13.7.